The standard InChI is InChI=1S/C16H17NO2/c18-16-10-17-9-13-8-14(6-7-15(13)16)19-11-12-4-2-1-3-5-12/h1-8,16-18H,9-11H2. The second kappa shape index (κ2) is 5.43. The van der Waals surface area contributed by atoms with Crippen molar-refractivity contribution in [1.29, 1.82) is 0 Å². The Balaban J connectivity index is 1.72. The molecule has 3 rings (SSSR count). The van der Waals surface area contributed by atoms with E-state index in [1.54, 1.807) is 0 Å². The molecule has 0 aliphatic carbocycles. The fraction of sp³-hybridized carbons (Fsp3) is 0.250. The SMILES string of the molecule is OC1CNCc2cc(OCc3ccccc3)ccc21. The van der Waals surface area contributed by atoms with Crippen molar-refractivity contribution in [3.8, 4) is 5.75 Å². The summed E-state index contributed by atoms with van der Waals surface area (Å²) in [5.41, 5.74) is 3.27. The van der Waals surface area contributed by atoms with Gasteiger partial charge in [-0.15, -0.1) is 0 Å². The van der Waals surface area contributed by atoms with Gasteiger partial charge >= 0.3 is 0 Å². The van der Waals surface area contributed by atoms with E-state index in [2.05, 4.69) is 5.32 Å². The zero-order valence-corrected chi connectivity index (χ0v) is 10.7. The van der Waals surface area contributed by atoms with Crippen molar-refractivity contribution in [3.05, 3.63) is 65.2 Å². The first-order chi connectivity index (χ1) is 9.33. The lowest BCUT2D eigenvalue weighted by Crippen LogP contribution is -2.27. The third-order valence-corrected chi connectivity index (χ3v) is 3.37. The Kier molecular flexibility index (Phi) is 3.49. The van der Waals surface area contributed by atoms with E-state index in [0.29, 0.717) is 13.2 Å². The molecule has 1 aliphatic heterocycles. The van der Waals surface area contributed by atoms with Crippen LogP contribution in [0.25, 0.3) is 0 Å². The van der Waals surface area contributed by atoms with Crippen LogP contribution in [0.2, 0.25) is 0 Å². The lowest BCUT2D eigenvalue weighted by Gasteiger charge is -2.23. The molecule has 0 saturated heterocycles. The Hall–Kier alpha value is -1.84. The number of hydrogen-bond donors (Lipinski definition) is 2. The molecule has 3 nitrogen and oxygen atoms in total. The molecular weight excluding hydrogens is 238 g/mol. The van der Waals surface area contributed by atoms with Crippen LogP contribution in [0.4, 0.5) is 0 Å². The van der Waals surface area contributed by atoms with Crippen molar-refractivity contribution in [3.63, 3.8) is 0 Å². The third-order valence-electron chi connectivity index (χ3n) is 3.37. The predicted octanol–water partition coefficient (Wildman–Crippen LogP) is 2.40. The van der Waals surface area contributed by atoms with E-state index < -0.39 is 6.10 Å². The number of rotatable bonds is 3. The van der Waals surface area contributed by atoms with Crippen molar-refractivity contribution >= 4 is 0 Å². The lowest BCUT2D eigenvalue weighted by atomic mass is 9.98. The Bertz CT molecular complexity index is 554. The van der Waals surface area contributed by atoms with Gasteiger partial charge in [-0.25, -0.2) is 0 Å². The van der Waals surface area contributed by atoms with Gasteiger partial charge in [0.2, 0.25) is 0 Å². The smallest absolute Gasteiger partial charge is 0.120 e. The normalized spacial score (nSPS) is 17.8. The predicted molar refractivity (Wildman–Crippen MR) is 73.9 cm³/mol. The minimum absolute atomic E-state index is 0.410. The zero-order valence-electron chi connectivity index (χ0n) is 10.7. The maximum Gasteiger partial charge on any atom is 0.120 e. The van der Waals surface area contributed by atoms with Crippen LogP contribution in [0, 0.1) is 0 Å². The molecule has 0 saturated carbocycles. The van der Waals surface area contributed by atoms with Crippen LogP contribution >= 0.6 is 0 Å². The molecule has 0 amide bonds. The highest BCUT2D eigenvalue weighted by Crippen LogP contribution is 2.26. The number of fused-ring (bicyclic) bond motifs is 1. The van der Waals surface area contributed by atoms with E-state index >= 15 is 0 Å². The van der Waals surface area contributed by atoms with Gasteiger partial charge in [0.15, 0.2) is 0 Å². The molecule has 0 radical (unpaired) electrons. The van der Waals surface area contributed by atoms with Crippen LogP contribution in [-0.2, 0) is 13.2 Å². The fourth-order valence-electron chi connectivity index (χ4n) is 2.34. The molecule has 0 aromatic heterocycles. The molecule has 98 valence electrons. The molecule has 3 heteroatoms. The summed E-state index contributed by atoms with van der Waals surface area (Å²) >= 11 is 0. The maximum absolute atomic E-state index is 9.86. The number of nitrogens with one attached hydrogen (secondary N) is 1. The highest BCUT2D eigenvalue weighted by molar-refractivity contribution is 5.38. The molecular formula is C16H17NO2. The second-order valence-corrected chi connectivity index (χ2v) is 4.78. The largest absolute Gasteiger partial charge is 0.489 e. The van der Waals surface area contributed by atoms with E-state index in [1.807, 2.05) is 48.5 Å². The molecule has 1 atom stereocenters. The summed E-state index contributed by atoms with van der Waals surface area (Å²) < 4.78 is 5.78. The molecule has 0 fully saturated rings. The van der Waals surface area contributed by atoms with Crippen LogP contribution in [0.1, 0.15) is 22.8 Å². The summed E-state index contributed by atoms with van der Waals surface area (Å²) in [6.07, 6.45) is -0.410. The molecule has 1 heterocycles. The first-order valence-corrected chi connectivity index (χ1v) is 6.51. The van der Waals surface area contributed by atoms with Crippen LogP contribution in [0.15, 0.2) is 48.5 Å². The second-order valence-electron chi connectivity index (χ2n) is 4.78. The summed E-state index contributed by atoms with van der Waals surface area (Å²) in [6.45, 7) is 1.97. The summed E-state index contributed by atoms with van der Waals surface area (Å²) in [5.74, 6) is 0.846. The first-order valence-electron chi connectivity index (χ1n) is 6.51. The highest BCUT2D eigenvalue weighted by Gasteiger charge is 2.17. The number of aliphatic hydroxyl groups is 1. The van der Waals surface area contributed by atoms with E-state index in [1.165, 1.54) is 0 Å². The van der Waals surface area contributed by atoms with E-state index in [0.717, 1.165) is 29.0 Å². The van der Waals surface area contributed by atoms with E-state index in [9.17, 15) is 5.11 Å². The molecule has 2 aromatic carbocycles. The van der Waals surface area contributed by atoms with Crippen LogP contribution in [0.3, 0.4) is 0 Å². The number of hydrogen-bond acceptors (Lipinski definition) is 3. The van der Waals surface area contributed by atoms with E-state index in [-0.39, 0.29) is 0 Å². The van der Waals surface area contributed by atoms with Crippen molar-refractivity contribution in [2.45, 2.75) is 19.3 Å². The monoisotopic (exact) mass is 255 g/mol. The molecule has 0 bridgehead atoms. The van der Waals surface area contributed by atoms with Gasteiger partial charge in [0.25, 0.3) is 0 Å². The third kappa shape index (κ3) is 2.78. The van der Waals surface area contributed by atoms with Crippen molar-refractivity contribution in [1.82, 2.24) is 5.32 Å². The number of β-amino-alcohol motifs (C(OH)–C–C–N with tert-alkyl or cyclic N) is 1. The Morgan fingerprint density at radius 3 is 2.84 bits per heavy atom. The van der Waals surface area contributed by atoms with Gasteiger partial charge in [0, 0.05) is 13.1 Å². The first kappa shape index (κ1) is 12.2. The lowest BCUT2D eigenvalue weighted by molar-refractivity contribution is 0.165. The van der Waals surface area contributed by atoms with Crippen LogP contribution in [0.5, 0.6) is 5.75 Å². The zero-order chi connectivity index (χ0) is 13.1. The van der Waals surface area contributed by atoms with Gasteiger partial charge in [-0.3, -0.25) is 0 Å². The molecule has 1 unspecified atom stereocenters. The topological polar surface area (TPSA) is 41.5 Å². The van der Waals surface area contributed by atoms with Gasteiger partial charge in [-0.2, -0.15) is 0 Å². The van der Waals surface area contributed by atoms with Crippen LogP contribution in [-0.4, -0.2) is 11.7 Å². The summed E-state index contributed by atoms with van der Waals surface area (Å²) in [4.78, 5) is 0. The average molecular weight is 255 g/mol. The number of benzene rings is 2. The summed E-state index contributed by atoms with van der Waals surface area (Å²) in [7, 11) is 0. The minimum Gasteiger partial charge on any atom is -0.489 e. The van der Waals surface area contributed by atoms with Crippen molar-refractivity contribution < 1.29 is 9.84 Å². The molecule has 1 aliphatic rings. The fourth-order valence-corrected chi connectivity index (χ4v) is 2.34. The quantitative estimate of drug-likeness (QED) is 0.885. The molecule has 19 heavy (non-hydrogen) atoms. The Morgan fingerprint density at radius 1 is 1.16 bits per heavy atom. The van der Waals surface area contributed by atoms with Gasteiger partial charge in [-0.05, 0) is 28.8 Å². The van der Waals surface area contributed by atoms with Gasteiger partial charge < -0.3 is 15.2 Å². The van der Waals surface area contributed by atoms with Crippen LogP contribution < -0.4 is 10.1 Å². The average Bonchev–Trinajstić information content (AvgIpc) is 2.46. The maximum atomic E-state index is 9.86. The number of ether oxygens (including phenoxy) is 1. The Morgan fingerprint density at radius 2 is 2.00 bits per heavy atom. The van der Waals surface area contributed by atoms with Gasteiger partial charge in [0.05, 0.1) is 6.10 Å². The van der Waals surface area contributed by atoms with Gasteiger partial charge in [-0.1, -0.05) is 36.4 Å². The molecule has 2 aromatic rings. The minimum atomic E-state index is -0.410. The molecule has 0 spiro atoms. The van der Waals surface area contributed by atoms with Crippen molar-refractivity contribution in [2.75, 3.05) is 6.54 Å². The molecule has 2 N–H and O–H groups in total. The van der Waals surface area contributed by atoms with E-state index in [4.69, 9.17) is 4.74 Å². The number of aliphatic hydroxyl groups excluding tert-OH is 1. The van der Waals surface area contributed by atoms with Gasteiger partial charge in [0.1, 0.15) is 12.4 Å². The highest BCUT2D eigenvalue weighted by atomic mass is 16.5. The summed E-state index contributed by atoms with van der Waals surface area (Å²) in [6, 6.07) is 16.0. The van der Waals surface area contributed by atoms with Crippen molar-refractivity contribution in [2.24, 2.45) is 0 Å². The summed E-state index contributed by atoms with van der Waals surface area (Å²) in [5, 5.41) is 13.0. The Labute approximate surface area is 112 Å².